The van der Waals surface area contributed by atoms with Gasteiger partial charge in [0.25, 0.3) is 0 Å². The topological polar surface area (TPSA) is 68.5 Å². The summed E-state index contributed by atoms with van der Waals surface area (Å²) in [5, 5.41) is 3.96. The minimum absolute atomic E-state index is 0.0382. The standard InChI is InChI=1S/C19H23N3O3/c1-3-17-20-19(25-21-17)16-9-4-5-12-22(16)18(23)11-10-14-7-6-8-15(13-14)24-2/h6-8,10-11,13,16H,3-5,9,12H2,1-2H3. The number of nitrogens with zero attached hydrogens (tertiary/aromatic N) is 3. The van der Waals surface area contributed by atoms with Gasteiger partial charge in [0.15, 0.2) is 5.82 Å². The molecule has 3 rings (SSSR count). The van der Waals surface area contributed by atoms with Crippen LogP contribution in [0.3, 0.4) is 0 Å². The smallest absolute Gasteiger partial charge is 0.249 e. The molecule has 2 heterocycles. The number of likely N-dealkylation sites (tertiary alicyclic amines) is 1. The molecular weight excluding hydrogens is 318 g/mol. The summed E-state index contributed by atoms with van der Waals surface area (Å²) in [7, 11) is 1.63. The summed E-state index contributed by atoms with van der Waals surface area (Å²) < 4.78 is 10.6. The lowest BCUT2D eigenvalue weighted by atomic mass is 10.0. The fourth-order valence-electron chi connectivity index (χ4n) is 3.01. The molecule has 1 aliphatic heterocycles. The largest absolute Gasteiger partial charge is 0.497 e. The van der Waals surface area contributed by atoms with E-state index in [0.717, 1.165) is 37.0 Å². The molecule has 2 aromatic rings. The van der Waals surface area contributed by atoms with E-state index in [2.05, 4.69) is 10.1 Å². The number of aromatic nitrogens is 2. The zero-order valence-corrected chi connectivity index (χ0v) is 14.6. The SMILES string of the molecule is CCc1noc(C2CCCCN2C(=O)C=Cc2cccc(OC)c2)n1. The summed E-state index contributed by atoms with van der Waals surface area (Å²) in [5.41, 5.74) is 0.923. The van der Waals surface area contributed by atoms with Gasteiger partial charge in [-0.15, -0.1) is 0 Å². The number of hydrogen-bond donors (Lipinski definition) is 0. The molecule has 1 fully saturated rings. The number of amides is 1. The van der Waals surface area contributed by atoms with Crippen molar-refractivity contribution in [3.63, 3.8) is 0 Å². The van der Waals surface area contributed by atoms with Crippen molar-refractivity contribution in [3.05, 3.63) is 47.6 Å². The van der Waals surface area contributed by atoms with Gasteiger partial charge in [-0.05, 0) is 43.0 Å². The van der Waals surface area contributed by atoms with Crippen LogP contribution in [0.4, 0.5) is 0 Å². The predicted molar refractivity (Wildman–Crippen MR) is 94.0 cm³/mol. The van der Waals surface area contributed by atoms with Gasteiger partial charge in [0.05, 0.1) is 7.11 Å². The van der Waals surface area contributed by atoms with Crippen molar-refractivity contribution in [1.29, 1.82) is 0 Å². The number of carbonyl (C=O) groups is 1. The van der Waals surface area contributed by atoms with E-state index in [-0.39, 0.29) is 11.9 Å². The van der Waals surface area contributed by atoms with Crippen LogP contribution in [-0.4, -0.2) is 34.6 Å². The number of carbonyl (C=O) groups excluding carboxylic acids is 1. The van der Waals surface area contributed by atoms with Gasteiger partial charge in [-0.2, -0.15) is 4.98 Å². The van der Waals surface area contributed by atoms with Crippen molar-refractivity contribution in [3.8, 4) is 5.75 Å². The maximum atomic E-state index is 12.7. The van der Waals surface area contributed by atoms with Gasteiger partial charge >= 0.3 is 0 Å². The lowest BCUT2D eigenvalue weighted by Gasteiger charge is -2.32. The van der Waals surface area contributed by atoms with E-state index < -0.39 is 0 Å². The van der Waals surface area contributed by atoms with Crippen LogP contribution in [0.2, 0.25) is 0 Å². The molecule has 25 heavy (non-hydrogen) atoms. The third-order valence-corrected chi connectivity index (χ3v) is 4.38. The molecule has 1 aliphatic rings. The molecule has 1 atom stereocenters. The number of benzene rings is 1. The molecule has 1 aromatic heterocycles. The fraction of sp³-hybridized carbons (Fsp3) is 0.421. The van der Waals surface area contributed by atoms with E-state index in [4.69, 9.17) is 9.26 Å². The number of piperidine rings is 1. The first-order valence-corrected chi connectivity index (χ1v) is 8.66. The third-order valence-electron chi connectivity index (χ3n) is 4.38. The molecule has 6 heteroatoms. The van der Waals surface area contributed by atoms with E-state index in [1.807, 2.05) is 42.2 Å². The minimum Gasteiger partial charge on any atom is -0.497 e. The first-order valence-electron chi connectivity index (χ1n) is 8.66. The Hall–Kier alpha value is -2.63. The van der Waals surface area contributed by atoms with Crippen LogP contribution in [0.15, 0.2) is 34.9 Å². The number of rotatable bonds is 5. The molecule has 1 unspecified atom stereocenters. The minimum atomic E-state index is -0.135. The molecule has 1 amide bonds. The lowest BCUT2D eigenvalue weighted by molar-refractivity contribution is -0.130. The van der Waals surface area contributed by atoms with Crippen molar-refractivity contribution in [2.24, 2.45) is 0 Å². The number of ether oxygens (including phenoxy) is 1. The lowest BCUT2D eigenvalue weighted by Crippen LogP contribution is -2.37. The highest BCUT2D eigenvalue weighted by Gasteiger charge is 2.31. The first-order chi connectivity index (χ1) is 12.2. The second-order valence-electron chi connectivity index (χ2n) is 6.06. The Morgan fingerprint density at radius 3 is 3.08 bits per heavy atom. The van der Waals surface area contributed by atoms with Crippen LogP contribution in [0.1, 0.15) is 49.5 Å². The molecule has 132 valence electrons. The quantitative estimate of drug-likeness (QED) is 0.780. The van der Waals surface area contributed by atoms with E-state index in [1.54, 1.807) is 13.2 Å². The van der Waals surface area contributed by atoms with Crippen LogP contribution in [0.25, 0.3) is 6.08 Å². The zero-order chi connectivity index (χ0) is 17.6. The van der Waals surface area contributed by atoms with E-state index in [0.29, 0.717) is 18.3 Å². The highest BCUT2D eigenvalue weighted by Crippen LogP contribution is 2.30. The summed E-state index contributed by atoms with van der Waals surface area (Å²) >= 11 is 0. The van der Waals surface area contributed by atoms with Crippen molar-refractivity contribution in [2.75, 3.05) is 13.7 Å². The van der Waals surface area contributed by atoms with Crippen LogP contribution >= 0.6 is 0 Å². The van der Waals surface area contributed by atoms with Crippen molar-refractivity contribution in [1.82, 2.24) is 15.0 Å². The van der Waals surface area contributed by atoms with Gasteiger partial charge in [0, 0.05) is 19.0 Å². The molecule has 0 saturated carbocycles. The summed E-state index contributed by atoms with van der Waals surface area (Å²) in [5.74, 6) is 1.95. The Morgan fingerprint density at radius 2 is 2.32 bits per heavy atom. The summed E-state index contributed by atoms with van der Waals surface area (Å²) in [6.07, 6.45) is 7.03. The van der Waals surface area contributed by atoms with E-state index in [9.17, 15) is 4.79 Å². The van der Waals surface area contributed by atoms with Gasteiger partial charge in [0.2, 0.25) is 11.8 Å². The summed E-state index contributed by atoms with van der Waals surface area (Å²) in [6, 6.07) is 7.47. The second-order valence-corrected chi connectivity index (χ2v) is 6.06. The molecule has 1 saturated heterocycles. The second kappa shape index (κ2) is 7.96. The molecule has 0 spiro atoms. The average molecular weight is 341 g/mol. The maximum absolute atomic E-state index is 12.7. The highest BCUT2D eigenvalue weighted by atomic mass is 16.5. The monoisotopic (exact) mass is 341 g/mol. The van der Waals surface area contributed by atoms with Gasteiger partial charge in [-0.1, -0.05) is 24.2 Å². The molecule has 0 bridgehead atoms. The van der Waals surface area contributed by atoms with E-state index >= 15 is 0 Å². The van der Waals surface area contributed by atoms with Crippen molar-refractivity contribution >= 4 is 12.0 Å². The van der Waals surface area contributed by atoms with Gasteiger partial charge in [-0.3, -0.25) is 4.79 Å². The zero-order valence-electron chi connectivity index (χ0n) is 14.6. The Kier molecular flexibility index (Phi) is 5.48. The van der Waals surface area contributed by atoms with Crippen molar-refractivity contribution < 1.29 is 14.1 Å². The maximum Gasteiger partial charge on any atom is 0.249 e. The third kappa shape index (κ3) is 4.07. The van der Waals surface area contributed by atoms with Crippen LogP contribution in [0, 0.1) is 0 Å². The first kappa shape index (κ1) is 17.2. The Labute approximate surface area is 147 Å². The summed E-state index contributed by atoms with van der Waals surface area (Å²) in [4.78, 5) is 18.9. The number of methoxy groups -OCH3 is 1. The van der Waals surface area contributed by atoms with Gasteiger partial charge in [-0.25, -0.2) is 0 Å². The number of hydrogen-bond acceptors (Lipinski definition) is 5. The normalized spacial score (nSPS) is 17.8. The Balaban J connectivity index is 1.75. The van der Waals surface area contributed by atoms with Gasteiger partial charge < -0.3 is 14.2 Å². The summed E-state index contributed by atoms with van der Waals surface area (Å²) in [6.45, 7) is 2.69. The van der Waals surface area contributed by atoms with Crippen LogP contribution in [0.5, 0.6) is 5.75 Å². The molecular formula is C19H23N3O3. The highest BCUT2D eigenvalue weighted by molar-refractivity contribution is 5.92. The Bertz CT molecular complexity index is 754. The molecule has 0 aliphatic carbocycles. The van der Waals surface area contributed by atoms with Crippen LogP contribution < -0.4 is 4.74 Å². The molecule has 0 N–H and O–H groups in total. The van der Waals surface area contributed by atoms with E-state index in [1.165, 1.54) is 0 Å². The average Bonchev–Trinajstić information content (AvgIpc) is 3.15. The van der Waals surface area contributed by atoms with Gasteiger partial charge in [0.1, 0.15) is 11.8 Å². The molecule has 0 radical (unpaired) electrons. The molecule has 6 nitrogen and oxygen atoms in total. The van der Waals surface area contributed by atoms with Crippen molar-refractivity contribution in [2.45, 2.75) is 38.6 Å². The number of aryl methyl sites for hydroxylation is 1. The predicted octanol–water partition coefficient (Wildman–Crippen LogP) is 3.41. The Morgan fingerprint density at radius 1 is 1.44 bits per heavy atom. The fourth-order valence-corrected chi connectivity index (χ4v) is 3.01. The van der Waals surface area contributed by atoms with Crippen LogP contribution in [-0.2, 0) is 11.2 Å². The molecule has 1 aromatic carbocycles.